The molecular formula is C22H36N2O3. The van der Waals surface area contributed by atoms with E-state index in [4.69, 9.17) is 4.74 Å². The summed E-state index contributed by atoms with van der Waals surface area (Å²) in [5.41, 5.74) is 1.78. The number of benzene rings is 1. The van der Waals surface area contributed by atoms with Crippen LogP contribution in [-0.2, 0) is 9.59 Å². The highest BCUT2D eigenvalue weighted by Crippen LogP contribution is 2.22. The number of carbonyl (C=O) groups excluding carboxylic acids is 2. The Morgan fingerprint density at radius 1 is 1.00 bits per heavy atom. The lowest BCUT2D eigenvalue weighted by atomic mass is 10.1. The number of ether oxygens (including phenoxy) is 1. The van der Waals surface area contributed by atoms with Crippen molar-refractivity contribution in [1.82, 2.24) is 4.90 Å². The Morgan fingerprint density at radius 2 is 1.70 bits per heavy atom. The van der Waals surface area contributed by atoms with E-state index in [1.165, 1.54) is 0 Å². The van der Waals surface area contributed by atoms with Gasteiger partial charge in [-0.15, -0.1) is 0 Å². The minimum atomic E-state index is -0.0527. The third-order valence-corrected chi connectivity index (χ3v) is 4.37. The number of nitrogens with zero attached hydrogens (tertiary/aromatic N) is 1. The molecule has 1 N–H and O–H groups in total. The van der Waals surface area contributed by atoms with Crippen molar-refractivity contribution in [2.45, 2.75) is 72.6 Å². The molecule has 0 aliphatic heterocycles. The summed E-state index contributed by atoms with van der Waals surface area (Å²) in [6.07, 6.45) is 5.41. The van der Waals surface area contributed by atoms with Crippen LogP contribution in [0.1, 0.15) is 71.3 Å². The molecule has 0 aliphatic rings. The topological polar surface area (TPSA) is 58.6 Å². The van der Waals surface area contributed by atoms with Crippen LogP contribution in [0.2, 0.25) is 0 Å². The van der Waals surface area contributed by atoms with E-state index in [2.05, 4.69) is 26.1 Å². The zero-order valence-corrected chi connectivity index (χ0v) is 17.5. The van der Waals surface area contributed by atoms with E-state index in [1.807, 2.05) is 30.0 Å². The molecule has 0 atom stereocenters. The third-order valence-electron chi connectivity index (χ3n) is 4.37. The number of carbonyl (C=O) groups is 2. The van der Waals surface area contributed by atoms with Crippen LogP contribution in [0.25, 0.3) is 0 Å². The molecule has 0 bridgehead atoms. The summed E-state index contributed by atoms with van der Waals surface area (Å²) in [5.74, 6) is 0.927. The molecule has 0 saturated carbocycles. The van der Waals surface area contributed by atoms with Crippen molar-refractivity contribution in [3.8, 4) is 5.75 Å². The summed E-state index contributed by atoms with van der Waals surface area (Å²) in [5, 5.41) is 2.94. The molecule has 2 amide bonds. The second-order valence-corrected chi connectivity index (χ2v) is 6.96. The second kappa shape index (κ2) is 13.2. The molecule has 5 heteroatoms. The molecule has 0 spiro atoms. The summed E-state index contributed by atoms with van der Waals surface area (Å²) in [4.78, 5) is 26.3. The van der Waals surface area contributed by atoms with Crippen molar-refractivity contribution < 1.29 is 14.3 Å². The molecule has 1 aromatic rings. The molecule has 0 fully saturated rings. The van der Waals surface area contributed by atoms with Gasteiger partial charge in [0.15, 0.2) is 0 Å². The predicted molar refractivity (Wildman–Crippen MR) is 111 cm³/mol. The molecule has 0 heterocycles. The lowest BCUT2D eigenvalue weighted by Crippen LogP contribution is -2.32. The van der Waals surface area contributed by atoms with Crippen LogP contribution < -0.4 is 10.1 Å². The third kappa shape index (κ3) is 8.94. The number of nitrogens with one attached hydrogen (secondary N) is 1. The first-order valence-electron chi connectivity index (χ1n) is 10.3. The van der Waals surface area contributed by atoms with E-state index < -0.39 is 0 Å². The average Bonchev–Trinajstić information content (AvgIpc) is 2.64. The van der Waals surface area contributed by atoms with Gasteiger partial charge >= 0.3 is 0 Å². The van der Waals surface area contributed by atoms with Crippen LogP contribution in [0.4, 0.5) is 5.69 Å². The van der Waals surface area contributed by atoms with Crippen LogP contribution in [-0.4, -0.2) is 36.4 Å². The van der Waals surface area contributed by atoms with Crippen molar-refractivity contribution in [3.63, 3.8) is 0 Å². The van der Waals surface area contributed by atoms with Gasteiger partial charge in [0.05, 0.1) is 6.61 Å². The number of rotatable bonds is 13. The molecule has 152 valence electrons. The minimum Gasteiger partial charge on any atom is -0.494 e. The molecule has 0 radical (unpaired) electrons. The van der Waals surface area contributed by atoms with Gasteiger partial charge in [-0.25, -0.2) is 0 Å². The summed E-state index contributed by atoms with van der Waals surface area (Å²) < 4.78 is 5.69. The van der Waals surface area contributed by atoms with Crippen molar-refractivity contribution in [2.24, 2.45) is 0 Å². The van der Waals surface area contributed by atoms with Gasteiger partial charge in [-0.2, -0.15) is 0 Å². The van der Waals surface area contributed by atoms with E-state index in [0.29, 0.717) is 25.9 Å². The average molecular weight is 377 g/mol. The normalized spacial score (nSPS) is 10.5. The van der Waals surface area contributed by atoms with Gasteiger partial charge < -0.3 is 15.0 Å². The summed E-state index contributed by atoms with van der Waals surface area (Å²) in [7, 11) is 0. The lowest BCUT2D eigenvalue weighted by molar-refractivity contribution is -0.131. The monoisotopic (exact) mass is 376 g/mol. The highest BCUT2D eigenvalue weighted by Gasteiger charge is 2.13. The van der Waals surface area contributed by atoms with Crippen LogP contribution in [0.3, 0.4) is 0 Å². The molecule has 1 rings (SSSR count). The zero-order chi connectivity index (χ0) is 20.1. The first kappa shape index (κ1) is 23.0. The van der Waals surface area contributed by atoms with E-state index in [1.54, 1.807) is 0 Å². The number of unbranched alkanes of at least 4 members (excludes halogenated alkanes) is 1. The van der Waals surface area contributed by atoms with Gasteiger partial charge in [-0.05, 0) is 56.4 Å². The lowest BCUT2D eigenvalue weighted by Gasteiger charge is -2.21. The fraction of sp³-hybridized carbons (Fsp3) is 0.636. The maximum atomic E-state index is 12.2. The Morgan fingerprint density at radius 3 is 2.30 bits per heavy atom. The maximum Gasteiger partial charge on any atom is 0.224 e. The number of aryl methyl sites for hydroxylation is 1. The van der Waals surface area contributed by atoms with E-state index in [9.17, 15) is 9.59 Å². The van der Waals surface area contributed by atoms with Gasteiger partial charge in [0, 0.05) is 31.6 Å². The Kier molecular flexibility index (Phi) is 11.2. The fourth-order valence-electron chi connectivity index (χ4n) is 2.87. The Hall–Kier alpha value is -2.04. The standard InChI is InChI=1S/C22H36N2O3/c1-5-8-16-27-19-12-13-20(18(4)17-19)23-21(25)10-9-11-22(26)24(14-6-2)15-7-3/h12-13,17H,5-11,14-16H2,1-4H3,(H,23,25). The number of amides is 2. The van der Waals surface area contributed by atoms with Gasteiger partial charge in [0.1, 0.15) is 5.75 Å². The Bertz CT molecular complexity index is 581. The Balaban J connectivity index is 2.42. The SMILES string of the molecule is CCCCOc1ccc(NC(=O)CCCC(=O)N(CCC)CCC)c(C)c1. The maximum absolute atomic E-state index is 12.2. The van der Waals surface area contributed by atoms with Crippen molar-refractivity contribution >= 4 is 17.5 Å². The summed E-state index contributed by atoms with van der Waals surface area (Å²) in [6.45, 7) is 10.5. The van der Waals surface area contributed by atoms with Crippen LogP contribution in [0.5, 0.6) is 5.75 Å². The van der Waals surface area contributed by atoms with Gasteiger partial charge in [0.2, 0.25) is 11.8 Å². The fourth-order valence-corrected chi connectivity index (χ4v) is 2.87. The van der Waals surface area contributed by atoms with Crippen LogP contribution in [0, 0.1) is 6.92 Å². The molecule has 1 aromatic carbocycles. The molecule has 0 aliphatic carbocycles. The molecule has 0 aromatic heterocycles. The number of hydrogen-bond acceptors (Lipinski definition) is 3. The highest BCUT2D eigenvalue weighted by atomic mass is 16.5. The van der Waals surface area contributed by atoms with Crippen LogP contribution >= 0.6 is 0 Å². The molecular weight excluding hydrogens is 340 g/mol. The Labute approximate surface area is 164 Å². The number of anilines is 1. The van der Waals surface area contributed by atoms with Gasteiger partial charge in [-0.3, -0.25) is 9.59 Å². The molecule has 27 heavy (non-hydrogen) atoms. The predicted octanol–water partition coefficient (Wildman–Crippen LogP) is 4.93. The van der Waals surface area contributed by atoms with Gasteiger partial charge in [0.25, 0.3) is 0 Å². The first-order chi connectivity index (χ1) is 13.0. The van der Waals surface area contributed by atoms with E-state index in [-0.39, 0.29) is 11.8 Å². The number of hydrogen-bond donors (Lipinski definition) is 1. The molecule has 0 unspecified atom stereocenters. The highest BCUT2D eigenvalue weighted by molar-refractivity contribution is 5.91. The smallest absolute Gasteiger partial charge is 0.224 e. The van der Waals surface area contributed by atoms with Crippen molar-refractivity contribution in [2.75, 3.05) is 25.0 Å². The van der Waals surface area contributed by atoms with E-state index >= 15 is 0 Å². The quantitative estimate of drug-likeness (QED) is 0.497. The largest absolute Gasteiger partial charge is 0.494 e. The first-order valence-corrected chi connectivity index (χ1v) is 10.3. The van der Waals surface area contributed by atoms with Crippen molar-refractivity contribution in [3.05, 3.63) is 23.8 Å². The van der Waals surface area contributed by atoms with Gasteiger partial charge in [-0.1, -0.05) is 27.2 Å². The summed E-state index contributed by atoms with van der Waals surface area (Å²) in [6, 6.07) is 5.71. The second-order valence-electron chi connectivity index (χ2n) is 6.96. The molecule has 0 saturated heterocycles. The molecule has 5 nitrogen and oxygen atoms in total. The zero-order valence-electron chi connectivity index (χ0n) is 17.5. The summed E-state index contributed by atoms with van der Waals surface area (Å²) >= 11 is 0. The van der Waals surface area contributed by atoms with Crippen molar-refractivity contribution in [1.29, 1.82) is 0 Å². The van der Waals surface area contributed by atoms with E-state index in [0.717, 1.165) is 55.8 Å². The van der Waals surface area contributed by atoms with Crippen LogP contribution in [0.15, 0.2) is 18.2 Å². The minimum absolute atomic E-state index is 0.0527.